The molecule has 0 saturated carbocycles. The Labute approximate surface area is 181 Å². The number of nitrogens with one attached hydrogen (secondary N) is 2. The molecule has 0 fully saturated rings. The molecule has 0 saturated heterocycles. The number of carbonyl (C=O) groups is 2. The number of H-pyrrole nitrogens is 1. The van der Waals surface area contributed by atoms with E-state index in [1.165, 1.54) is 11.0 Å². The molecule has 0 aliphatic heterocycles. The molecular weight excluding hydrogens is 414 g/mol. The van der Waals surface area contributed by atoms with Gasteiger partial charge in [-0.3, -0.25) is 14.4 Å². The molecule has 0 aliphatic rings. The fraction of sp³-hybridized carbons (Fsp3) is 0.182. The highest BCUT2D eigenvalue weighted by Crippen LogP contribution is 2.24. The number of hydrogen-bond donors (Lipinski definition) is 3. The molecule has 32 heavy (non-hydrogen) atoms. The van der Waals surface area contributed by atoms with Gasteiger partial charge < -0.3 is 30.6 Å². The highest BCUT2D eigenvalue weighted by atomic mass is 16.5. The van der Waals surface area contributed by atoms with Crippen molar-refractivity contribution in [2.45, 2.75) is 12.8 Å². The lowest BCUT2D eigenvalue weighted by Gasteiger charge is -2.24. The van der Waals surface area contributed by atoms with Crippen LogP contribution < -0.4 is 26.6 Å². The first-order valence-electron chi connectivity index (χ1n) is 9.91. The third-order valence-corrected chi connectivity index (χ3v) is 4.99. The molecule has 4 N–H and O–H groups in total. The summed E-state index contributed by atoms with van der Waals surface area (Å²) < 4.78 is 5.08. The SMILES string of the molecule is Nc1noc2cc(NC(=O)CCC(=O)N(CC[O-])c3ccc4ccc(=O)[nH]c4c3)ccc12. The quantitative estimate of drug-likeness (QED) is 0.396. The molecule has 0 aliphatic carbocycles. The van der Waals surface area contributed by atoms with E-state index in [-0.39, 0.29) is 42.6 Å². The highest BCUT2D eigenvalue weighted by molar-refractivity contribution is 6.00. The minimum atomic E-state index is -0.498. The zero-order valence-electron chi connectivity index (χ0n) is 17.0. The van der Waals surface area contributed by atoms with Crippen LogP contribution in [-0.4, -0.2) is 35.1 Å². The van der Waals surface area contributed by atoms with Gasteiger partial charge in [-0.25, -0.2) is 0 Å². The number of nitrogens with two attached hydrogens (primary N) is 1. The molecular formula is C22H20N5O5-. The second-order valence-electron chi connectivity index (χ2n) is 7.17. The highest BCUT2D eigenvalue weighted by Gasteiger charge is 2.17. The summed E-state index contributed by atoms with van der Waals surface area (Å²) in [5.74, 6) is -0.470. The normalized spacial score (nSPS) is 11.0. The second-order valence-corrected chi connectivity index (χ2v) is 7.17. The number of nitrogens with zero attached hydrogens (tertiary/aromatic N) is 2. The average Bonchev–Trinajstić information content (AvgIpc) is 3.15. The van der Waals surface area contributed by atoms with Crippen molar-refractivity contribution in [1.29, 1.82) is 0 Å². The number of pyridine rings is 1. The molecule has 2 heterocycles. The topological polar surface area (TPSA) is 157 Å². The number of nitrogen functional groups attached to an aromatic ring is 1. The van der Waals surface area contributed by atoms with Crippen molar-refractivity contribution in [1.82, 2.24) is 10.1 Å². The van der Waals surface area contributed by atoms with Crippen molar-refractivity contribution in [2.75, 3.05) is 29.1 Å². The molecule has 10 heteroatoms. The van der Waals surface area contributed by atoms with Crippen molar-refractivity contribution in [3.8, 4) is 0 Å². The first kappa shape index (κ1) is 21.1. The van der Waals surface area contributed by atoms with Gasteiger partial charge in [-0.2, -0.15) is 0 Å². The Morgan fingerprint density at radius 3 is 2.75 bits per heavy atom. The smallest absolute Gasteiger partial charge is 0.248 e. The Balaban J connectivity index is 1.43. The molecule has 2 amide bonds. The summed E-state index contributed by atoms with van der Waals surface area (Å²) in [6.45, 7) is -0.547. The van der Waals surface area contributed by atoms with Gasteiger partial charge >= 0.3 is 0 Å². The van der Waals surface area contributed by atoms with E-state index in [2.05, 4.69) is 15.5 Å². The van der Waals surface area contributed by atoms with Gasteiger partial charge in [-0.05, 0) is 35.7 Å². The van der Waals surface area contributed by atoms with Gasteiger partial charge in [0, 0.05) is 42.9 Å². The average molecular weight is 434 g/mol. The predicted molar refractivity (Wildman–Crippen MR) is 118 cm³/mol. The van der Waals surface area contributed by atoms with Crippen LogP contribution in [0.15, 0.2) is 57.8 Å². The molecule has 0 spiro atoms. The first-order chi connectivity index (χ1) is 15.4. The Bertz CT molecular complexity index is 1360. The molecule has 0 bridgehead atoms. The number of fused-ring (bicyclic) bond motifs is 2. The van der Waals surface area contributed by atoms with E-state index in [1.807, 2.05) is 0 Å². The van der Waals surface area contributed by atoms with E-state index in [0.29, 0.717) is 27.9 Å². The van der Waals surface area contributed by atoms with E-state index in [1.54, 1.807) is 42.5 Å². The van der Waals surface area contributed by atoms with Gasteiger partial charge in [-0.15, -0.1) is 6.61 Å². The van der Waals surface area contributed by atoms with E-state index in [4.69, 9.17) is 10.3 Å². The maximum atomic E-state index is 12.8. The van der Waals surface area contributed by atoms with Gasteiger partial charge in [0.1, 0.15) is 0 Å². The van der Waals surface area contributed by atoms with Crippen LogP contribution in [0.4, 0.5) is 17.2 Å². The number of rotatable bonds is 7. The molecule has 0 radical (unpaired) electrons. The molecule has 0 atom stereocenters. The number of aromatic nitrogens is 2. The van der Waals surface area contributed by atoms with Crippen molar-refractivity contribution in [3.05, 3.63) is 58.9 Å². The van der Waals surface area contributed by atoms with E-state index in [9.17, 15) is 19.5 Å². The van der Waals surface area contributed by atoms with Crippen molar-refractivity contribution >= 4 is 50.9 Å². The number of aromatic amines is 1. The lowest BCUT2D eigenvalue weighted by molar-refractivity contribution is -0.363. The fourth-order valence-corrected chi connectivity index (χ4v) is 3.41. The first-order valence-corrected chi connectivity index (χ1v) is 9.91. The Hall–Kier alpha value is -4.18. The lowest BCUT2D eigenvalue weighted by atomic mass is 10.1. The van der Waals surface area contributed by atoms with E-state index < -0.39 is 6.61 Å². The zero-order chi connectivity index (χ0) is 22.7. The van der Waals surface area contributed by atoms with Gasteiger partial charge in [0.25, 0.3) is 0 Å². The number of anilines is 3. The Morgan fingerprint density at radius 2 is 1.94 bits per heavy atom. The van der Waals surface area contributed by atoms with Crippen molar-refractivity contribution in [2.24, 2.45) is 0 Å². The number of hydrogen-bond acceptors (Lipinski definition) is 7. The second kappa shape index (κ2) is 8.90. The lowest BCUT2D eigenvalue weighted by Crippen LogP contribution is -2.36. The monoisotopic (exact) mass is 434 g/mol. The Kier molecular flexibility index (Phi) is 5.86. The third-order valence-electron chi connectivity index (χ3n) is 4.99. The number of amides is 2. The van der Waals surface area contributed by atoms with E-state index >= 15 is 0 Å². The van der Waals surface area contributed by atoms with Crippen LogP contribution in [0.2, 0.25) is 0 Å². The standard InChI is InChI=1S/C22H20N5O5/c23-22-16-5-3-14(11-18(16)32-26-22)24-19(29)7-8-21(31)27(9-10-28)15-4-1-13-2-6-20(30)25-17(13)12-15/h1-6,11-12H,7-10H2,(H2,23,26)(H,24,29)(H,25,30)/q-1. The number of carbonyl (C=O) groups excluding carboxylic acids is 2. The van der Waals surface area contributed by atoms with Crippen LogP contribution in [0.3, 0.4) is 0 Å². The largest absolute Gasteiger partial charge is 0.853 e. The zero-order valence-corrected chi connectivity index (χ0v) is 17.0. The predicted octanol–water partition coefficient (Wildman–Crippen LogP) is 1.36. The minimum absolute atomic E-state index is 0.0490. The minimum Gasteiger partial charge on any atom is -0.853 e. The van der Waals surface area contributed by atoms with Crippen LogP contribution in [-0.2, 0) is 9.59 Å². The van der Waals surface area contributed by atoms with Gasteiger partial charge in [0.15, 0.2) is 11.4 Å². The van der Waals surface area contributed by atoms with Crippen molar-refractivity contribution < 1.29 is 19.2 Å². The van der Waals surface area contributed by atoms with Crippen molar-refractivity contribution in [3.63, 3.8) is 0 Å². The van der Waals surface area contributed by atoms with Gasteiger partial charge in [0.05, 0.1) is 10.9 Å². The third kappa shape index (κ3) is 4.44. The van der Waals surface area contributed by atoms with Gasteiger partial charge in [-0.1, -0.05) is 11.2 Å². The Morgan fingerprint density at radius 1 is 1.12 bits per heavy atom. The van der Waals surface area contributed by atoms with Gasteiger partial charge in [0.2, 0.25) is 17.4 Å². The maximum absolute atomic E-state index is 12.8. The molecule has 4 aromatic rings. The number of benzene rings is 2. The summed E-state index contributed by atoms with van der Waals surface area (Å²) in [5.41, 5.74) is 7.37. The van der Waals surface area contributed by atoms with Crippen LogP contribution in [0.25, 0.3) is 21.9 Å². The molecule has 4 rings (SSSR count). The maximum Gasteiger partial charge on any atom is 0.248 e. The summed E-state index contributed by atoms with van der Waals surface area (Å²) in [5, 5.41) is 19.1. The molecule has 10 nitrogen and oxygen atoms in total. The summed E-state index contributed by atoms with van der Waals surface area (Å²) in [7, 11) is 0. The molecule has 0 unspecified atom stereocenters. The van der Waals surface area contributed by atoms with Crippen LogP contribution in [0.1, 0.15) is 12.8 Å². The fourth-order valence-electron chi connectivity index (χ4n) is 3.41. The van der Waals surface area contributed by atoms with Crippen LogP contribution in [0.5, 0.6) is 0 Å². The summed E-state index contributed by atoms with van der Waals surface area (Å²) in [6, 6.07) is 13.1. The van der Waals surface area contributed by atoms with E-state index in [0.717, 1.165) is 5.39 Å². The summed E-state index contributed by atoms with van der Waals surface area (Å²) in [6.07, 6.45) is -0.165. The van der Waals surface area contributed by atoms with Crippen LogP contribution in [0, 0.1) is 0 Å². The molecule has 2 aromatic heterocycles. The summed E-state index contributed by atoms with van der Waals surface area (Å²) in [4.78, 5) is 40.7. The summed E-state index contributed by atoms with van der Waals surface area (Å²) >= 11 is 0. The molecule has 2 aromatic carbocycles. The van der Waals surface area contributed by atoms with Crippen LogP contribution >= 0.6 is 0 Å². The molecule has 164 valence electrons.